The Balaban J connectivity index is 2.37. The Hall–Kier alpha value is -2.35. The molecule has 0 atom stereocenters. The molecule has 0 saturated carbocycles. The number of aryl methyl sites for hydroxylation is 3. The summed E-state index contributed by atoms with van der Waals surface area (Å²) in [6, 6.07) is 3.54. The zero-order valence-corrected chi connectivity index (χ0v) is 15.1. The van der Waals surface area contributed by atoms with Crippen molar-refractivity contribution >= 4 is 10.1 Å². The zero-order valence-electron chi connectivity index (χ0n) is 14.3. The summed E-state index contributed by atoms with van der Waals surface area (Å²) in [5, 5.41) is 0. The van der Waals surface area contributed by atoms with Crippen molar-refractivity contribution in [3.8, 4) is 17.4 Å². The Morgan fingerprint density at radius 2 is 1.75 bits per heavy atom. The van der Waals surface area contributed by atoms with Gasteiger partial charge in [0.1, 0.15) is 12.1 Å². The van der Waals surface area contributed by atoms with Crippen LogP contribution in [0.15, 0.2) is 18.5 Å². The Morgan fingerprint density at radius 1 is 1.04 bits per heavy atom. The second-order valence-electron chi connectivity index (χ2n) is 5.35. The number of hydrogen-bond acceptors (Lipinski definition) is 7. The maximum Gasteiger partial charge on any atom is 0.313 e. The SMILES string of the molecule is COc1cc(C)cc(C)c1OS(=O)(=O)Cc1c(C)ncnc1OC. The van der Waals surface area contributed by atoms with Crippen LogP contribution in [-0.4, -0.2) is 32.6 Å². The Bertz CT molecular complexity index is 850. The van der Waals surface area contributed by atoms with E-state index in [1.54, 1.807) is 19.9 Å². The molecule has 0 N–H and O–H groups in total. The van der Waals surface area contributed by atoms with Gasteiger partial charge < -0.3 is 13.7 Å². The Morgan fingerprint density at radius 3 is 2.38 bits per heavy atom. The number of ether oxygens (including phenoxy) is 2. The summed E-state index contributed by atoms with van der Waals surface area (Å²) in [6.07, 6.45) is 1.32. The molecule has 0 aliphatic carbocycles. The van der Waals surface area contributed by atoms with Crippen molar-refractivity contribution in [1.29, 1.82) is 0 Å². The molecule has 0 fully saturated rings. The first-order valence-corrected chi connectivity index (χ1v) is 8.77. The topological polar surface area (TPSA) is 87.6 Å². The third kappa shape index (κ3) is 3.94. The van der Waals surface area contributed by atoms with E-state index in [1.165, 1.54) is 20.5 Å². The number of methoxy groups -OCH3 is 2. The van der Waals surface area contributed by atoms with E-state index in [2.05, 4.69) is 9.97 Å². The van der Waals surface area contributed by atoms with Crippen LogP contribution in [0.3, 0.4) is 0 Å². The molecular weight excluding hydrogens is 332 g/mol. The molecule has 24 heavy (non-hydrogen) atoms. The smallest absolute Gasteiger partial charge is 0.313 e. The minimum atomic E-state index is -3.95. The maximum absolute atomic E-state index is 12.5. The average molecular weight is 352 g/mol. The van der Waals surface area contributed by atoms with Gasteiger partial charge in [-0.2, -0.15) is 8.42 Å². The molecule has 0 aliphatic rings. The van der Waals surface area contributed by atoms with Gasteiger partial charge in [0.25, 0.3) is 0 Å². The summed E-state index contributed by atoms with van der Waals surface area (Å²) in [5.74, 6) is 0.349. The fraction of sp³-hybridized carbons (Fsp3) is 0.375. The summed E-state index contributed by atoms with van der Waals surface area (Å²) in [7, 11) is -1.06. The molecule has 1 heterocycles. The van der Waals surface area contributed by atoms with Crippen molar-refractivity contribution < 1.29 is 22.1 Å². The normalized spacial score (nSPS) is 11.2. The van der Waals surface area contributed by atoms with E-state index in [4.69, 9.17) is 13.7 Å². The third-order valence-corrected chi connectivity index (χ3v) is 4.51. The van der Waals surface area contributed by atoms with Crippen LogP contribution >= 0.6 is 0 Å². The second-order valence-corrected chi connectivity index (χ2v) is 6.92. The van der Waals surface area contributed by atoms with Gasteiger partial charge in [0.05, 0.1) is 19.8 Å². The van der Waals surface area contributed by atoms with Crippen LogP contribution in [0.25, 0.3) is 0 Å². The number of aromatic nitrogens is 2. The summed E-state index contributed by atoms with van der Waals surface area (Å²) < 4.78 is 40.7. The number of benzene rings is 1. The van der Waals surface area contributed by atoms with Gasteiger partial charge in [-0.15, -0.1) is 0 Å². The van der Waals surface area contributed by atoms with Crippen LogP contribution < -0.4 is 13.7 Å². The van der Waals surface area contributed by atoms with Gasteiger partial charge in [-0.3, -0.25) is 0 Å². The lowest BCUT2D eigenvalue weighted by Gasteiger charge is -2.15. The van der Waals surface area contributed by atoms with E-state index in [-0.39, 0.29) is 11.6 Å². The molecule has 1 aromatic heterocycles. The Kier molecular flexibility index (Phi) is 5.28. The van der Waals surface area contributed by atoms with E-state index in [0.29, 0.717) is 22.6 Å². The van der Waals surface area contributed by atoms with Crippen LogP contribution in [0.1, 0.15) is 22.4 Å². The lowest BCUT2D eigenvalue weighted by atomic mass is 10.1. The standard InChI is InChI=1S/C16H20N2O5S/c1-10-6-11(2)15(14(7-10)21-4)23-24(19,20)8-13-12(3)17-9-18-16(13)22-5/h6-7,9H,8H2,1-5H3. The molecule has 0 bridgehead atoms. The monoisotopic (exact) mass is 352 g/mol. The Labute approximate surface area is 141 Å². The van der Waals surface area contributed by atoms with Crippen molar-refractivity contribution in [3.05, 3.63) is 40.8 Å². The largest absolute Gasteiger partial charge is 0.493 e. The van der Waals surface area contributed by atoms with E-state index in [0.717, 1.165) is 5.56 Å². The lowest BCUT2D eigenvalue weighted by Crippen LogP contribution is -2.15. The number of rotatable bonds is 6. The fourth-order valence-corrected chi connectivity index (χ4v) is 3.54. The van der Waals surface area contributed by atoms with Crippen molar-refractivity contribution in [2.75, 3.05) is 14.2 Å². The van der Waals surface area contributed by atoms with Gasteiger partial charge in [-0.25, -0.2) is 9.97 Å². The van der Waals surface area contributed by atoms with Gasteiger partial charge in [-0.1, -0.05) is 6.07 Å². The van der Waals surface area contributed by atoms with E-state index >= 15 is 0 Å². The maximum atomic E-state index is 12.5. The molecule has 7 nitrogen and oxygen atoms in total. The quantitative estimate of drug-likeness (QED) is 0.737. The molecule has 0 aliphatic heterocycles. The summed E-state index contributed by atoms with van der Waals surface area (Å²) in [6.45, 7) is 5.34. The van der Waals surface area contributed by atoms with Gasteiger partial charge in [0.15, 0.2) is 11.5 Å². The molecule has 2 rings (SSSR count). The van der Waals surface area contributed by atoms with Crippen LogP contribution in [0, 0.1) is 20.8 Å². The minimum absolute atomic E-state index is 0.177. The minimum Gasteiger partial charge on any atom is -0.493 e. The predicted molar refractivity (Wildman–Crippen MR) is 89.0 cm³/mol. The number of nitrogens with zero attached hydrogens (tertiary/aromatic N) is 2. The predicted octanol–water partition coefficient (Wildman–Crippen LogP) is 2.33. The van der Waals surface area contributed by atoms with Gasteiger partial charge in [-0.05, 0) is 38.0 Å². The summed E-state index contributed by atoms with van der Waals surface area (Å²) in [4.78, 5) is 7.94. The molecular formula is C16H20N2O5S. The highest BCUT2D eigenvalue weighted by Crippen LogP contribution is 2.34. The van der Waals surface area contributed by atoms with Crippen LogP contribution in [0.4, 0.5) is 0 Å². The van der Waals surface area contributed by atoms with Crippen molar-refractivity contribution in [2.24, 2.45) is 0 Å². The molecule has 0 saturated heterocycles. The summed E-state index contributed by atoms with van der Waals surface area (Å²) in [5.41, 5.74) is 2.50. The highest BCUT2D eigenvalue weighted by Gasteiger charge is 2.23. The highest BCUT2D eigenvalue weighted by molar-refractivity contribution is 7.86. The van der Waals surface area contributed by atoms with Crippen molar-refractivity contribution in [1.82, 2.24) is 9.97 Å². The lowest BCUT2D eigenvalue weighted by molar-refractivity contribution is 0.385. The van der Waals surface area contributed by atoms with Crippen LogP contribution in [-0.2, 0) is 15.9 Å². The first-order valence-electron chi connectivity index (χ1n) is 7.19. The van der Waals surface area contributed by atoms with Crippen molar-refractivity contribution in [2.45, 2.75) is 26.5 Å². The molecule has 0 radical (unpaired) electrons. The van der Waals surface area contributed by atoms with Crippen molar-refractivity contribution in [3.63, 3.8) is 0 Å². The third-order valence-electron chi connectivity index (χ3n) is 3.45. The van der Waals surface area contributed by atoms with Crippen LogP contribution in [0.5, 0.6) is 17.4 Å². The fourth-order valence-electron chi connectivity index (χ4n) is 2.33. The molecule has 0 unspecified atom stereocenters. The van der Waals surface area contributed by atoms with E-state index in [1.807, 2.05) is 13.0 Å². The van der Waals surface area contributed by atoms with E-state index in [9.17, 15) is 8.42 Å². The molecule has 130 valence electrons. The first-order chi connectivity index (χ1) is 11.3. The molecule has 2 aromatic rings. The van der Waals surface area contributed by atoms with E-state index < -0.39 is 15.9 Å². The highest BCUT2D eigenvalue weighted by atomic mass is 32.2. The first kappa shape index (κ1) is 18.0. The summed E-state index contributed by atoms with van der Waals surface area (Å²) >= 11 is 0. The number of hydrogen-bond donors (Lipinski definition) is 0. The average Bonchev–Trinajstić information content (AvgIpc) is 2.51. The zero-order chi connectivity index (χ0) is 17.9. The van der Waals surface area contributed by atoms with Gasteiger partial charge in [0, 0.05) is 5.69 Å². The van der Waals surface area contributed by atoms with Crippen LogP contribution in [0.2, 0.25) is 0 Å². The van der Waals surface area contributed by atoms with Gasteiger partial charge in [0.2, 0.25) is 5.88 Å². The molecule has 0 spiro atoms. The molecule has 1 aromatic carbocycles. The second kappa shape index (κ2) is 7.04. The van der Waals surface area contributed by atoms with Gasteiger partial charge >= 0.3 is 10.1 Å². The molecule has 8 heteroatoms. The molecule has 0 amide bonds.